The summed E-state index contributed by atoms with van der Waals surface area (Å²) in [5.74, 6) is 0.351. The normalized spacial score (nSPS) is 16.9. The summed E-state index contributed by atoms with van der Waals surface area (Å²) < 4.78 is 46.7. The number of hydrogen-bond donors (Lipinski definition) is 4. The number of nitrogens with one attached hydrogen (secondary N) is 2. The number of para-hydroxylation sites is 1. The van der Waals surface area contributed by atoms with Gasteiger partial charge < -0.3 is 50.1 Å². The number of aromatic hydroxyl groups is 2. The zero-order chi connectivity index (χ0) is 55.5. The summed E-state index contributed by atoms with van der Waals surface area (Å²) >= 11 is 0. The molecule has 4 aliphatic heterocycles. The highest BCUT2D eigenvalue weighted by Gasteiger charge is 2.34. The summed E-state index contributed by atoms with van der Waals surface area (Å²) in [6.07, 6.45) is 0.936. The lowest BCUT2D eigenvalue weighted by Gasteiger charge is -2.40. The number of piperidine rings is 2. The molecular weight excluding hydrogens is 1020 g/mol. The molecule has 0 saturated carbocycles. The number of phenolic OH excluding ortho intramolecular Hbond substituents is 2. The highest BCUT2D eigenvalue weighted by Crippen LogP contribution is 2.40. The van der Waals surface area contributed by atoms with Gasteiger partial charge in [0, 0.05) is 109 Å². The second-order valence-electron chi connectivity index (χ2n) is 20.7. The van der Waals surface area contributed by atoms with Crippen molar-refractivity contribution in [3.63, 3.8) is 0 Å². The van der Waals surface area contributed by atoms with Crippen LogP contribution in [-0.2, 0) is 17.8 Å². The van der Waals surface area contributed by atoms with Gasteiger partial charge in [0.05, 0.1) is 35.3 Å². The van der Waals surface area contributed by atoms with E-state index in [4.69, 9.17) is 9.72 Å². The minimum absolute atomic E-state index is 0.0146. The topological polar surface area (TPSA) is 201 Å². The second-order valence-corrected chi connectivity index (χ2v) is 20.7. The van der Waals surface area contributed by atoms with Gasteiger partial charge in [0.1, 0.15) is 29.5 Å². The number of ether oxygens (including phenoxy) is 1. The molecule has 0 spiro atoms. The summed E-state index contributed by atoms with van der Waals surface area (Å²) in [5, 5.41) is 34.4. The molecule has 416 valence electrons. The molecule has 3 amide bonds. The number of aromatic nitrogens is 5. The summed E-state index contributed by atoms with van der Waals surface area (Å²) in [5.41, 5.74) is 5.74. The second kappa shape index (κ2) is 23.2. The largest absolute Gasteiger partial charge is 0.508 e. The van der Waals surface area contributed by atoms with Gasteiger partial charge in [0.25, 0.3) is 11.8 Å². The van der Waals surface area contributed by atoms with Gasteiger partial charge in [-0.2, -0.15) is 18.2 Å². The molecule has 4 aliphatic rings. The van der Waals surface area contributed by atoms with Gasteiger partial charge in [0.2, 0.25) is 17.7 Å². The highest BCUT2D eigenvalue weighted by molar-refractivity contribution is 6.13. The third-order valence-electron chi connectivity index (χ3n) is 15.6. The molecule has 0 aliphatic carbocycles. The van der Waals surface area contributed by atoms with E-state index in [9.17, 15) is 37.8 Å². The number of amides is 3. The van der Waals surface area contributed by atoms with Crippen LogP contribution in [-0.4, -0.2) is 160 Å². The quantitative estimate of drug-likeness (QED) is 0.0777. The maximum atomic E-state index is 13.9. The molecule has 6 aromatic rings. The average molecular weight is 1090 g/mol. The van der Waals surface area contributed by atoms with Crippen LogP contribution in [0.2, 0.25) is 0 Å². The van der Waals surface area contributed by atoms with Crippen molar-refractivity contribution >= 4 is 52.2 Å². The number of piperazine rings is 1. The van der Waals surface area contributed by atoms with Gasteiger partial charge in [0.15, 0.2) is 11.6 Å². The number of alkyl halides is 3. The third-order valence-corrected chi connectivity index (χ3v) is 15.6. The Bertz CT molecular complexity index is 3190. The number of phenols is 2. The molecule has 10 rings (SSSR count). The number of fused-ring (bicyclic) bond motifs is 2. The van der Waals surface area contributed by atoms with Crippen molar-refractivity contribution in [1.82, 2.24) is 44.7 Å². The number of rotatable bonds is 15. The summed E-state index contributed by atoms with van der Waals surface area (Å²) in [6.45, 7) is 10.9. The monoisotopic (exact) mass is 1090 g/mol. The number of aryl methyl sites for hydroxylation is 1. The van der Waals surface area contributed by atoms with Crippen LogP contribution in [0.1, 0.15) is 71.6 Å². The van der Waals surface area contributed by atoms with Crippen LogP contribution in [0.3, 0.4) is 0 Å². The summed E-state index contributed by atoms with van der Waals surface area (Å²) in [7, 11) is 3.62. The Kier molecular flexibility index (Phi) is 15.9. The fourth-order valence-electron chi connectivity index (χ4n) is 11.1. The molecule has 2 aromatic heterocycles. The van der Waals surface area contributed by atoms with E-state index >= 15 is 0 Å². The number of carbonyl (C=O) groups is 3. The number of hydrogen-bond acceptors (Lipinski definition) is 15. The Hall–Kier alpha value is -7.98. The fourth-order valence-corrected chi connectivity index (χ4v) is 11.1. The standard InChI is InChI=1S/C57H66F3N13O6/c1-5-38-29-43(48(75)31-47(38)74)50-65-66-52(53(76)62-35-57(58,59)60)73(50)40-13-11-36(12-14-40)33-69-25-27-70(28-26-69)34-37-17-21-72(22-18-37)54(77)39-19-23-71(24-20-39)41-15-16-44(49(30-41)79-6-2)63-56-61-32-46-51(64-56)67(3)45-10-8-7-9-42(45)55(78)68(46)4/h7-16,29-32,37,39,74-75H,5-6,17-28,33-35H2,1-4H3,(H,62,76)(H,61,63,64). The number of halogens is 3. The Morgan fingerprint density at radius 3 is 2.19 bits per heavy atom. The lowest BCUT2D eigenvalue weighted by atomic mass is 9.91. The Labute approximate surface area is 456 Å². The van der Waals surface area contributed by atoms with E-state index in [1.807, 2.05) is 79.6 Å². The van der Waals surface area contributed by atoms with E-state index < -0.39 is 18.6 Å². The molecule has 4 N–H and O–H groups in total. The summed E-state index contributed by atoms with van der Waals surface area (Å²) in [4.78, 5) is 62.5. The lowest BCUT2D eigenvalue weighted by Crippen LogP contribution is -2.49. The molecule has 3 fully saturated rings. The first-order valence-electron chi connectivity index (χ1n) is 27.0. The minimum Gasteiger partial charge on any atom is -0.508 e. The molecule has 0 unspecified atom stereocenters. The minimum atomic E-state index is -4.64. The highest BCUT2D eigenvalue weighted by atomic mass is 19.4. The zero-order valence-electron chi connectivity index (χ0n) is 44.8. The fraction of sp³-hybridized carbons (Fsp3) is 0.421. The van der Waals surface area contributed by atoms with Crippen LogP contribution < -0.4 is 30.1 Å². The van der Waals surface area contributed by atoms with Gasteiger partial charge >= 0.3 is 6.18 Å². The molecule has 19 nitrogen and oxygen atoms in total. The molecule has 0 atom stereocenters. The van der Waals surface area contributed by atoms with Crippen LogP contribution in [0.5, 0.6) is 17.2 Å². The first-order valence-corrected chi connectivity index (χ1v) is 27.0. The van der Waals surface area contributed by atoms with E-state index in [-0.39, 0.29) is 46.4 Å². The number of anilines is 6. The van der Waals surface area contributed by atoms with Crippen molar-refractivity contribution in [2.45, 2.75) is 58.7 Å². The van der Waals surface area contributed by atoms with Crippen molar-refractivity contribution in [3.05, 3.63) is 108 Å². The van der Waals surface area contributed by atoms with Crippen LogP contribution in [0, 0.1) is 11.8 Å². The van der Waals surface area contributed by atoms with Gasteiger partial charge in [-0.05, 0) is 98.5 Å². The zero-order valence-corrected chi connectivity index (χ0v) is 44.8. The molecule has 3 saturated heterocycles. The van der Waals surface area contributed by atoms with Gasteiger partial charge in [-0.3, -0.25) is 23.9 Å². The van der Waals surface area contributed by atoms with Crippen molar-refractivity contribution in [3.8, 4) is 34.3 Å². The van der Waals surface area contributed by atoms with Gasteiger partial charge in [-0.25, -0.2) is 4.98 Å². The van der Waals surface area contributed by atoms with Gasteiger partial charge in [-0.15, -0.1) is 10.2 Å². The lowest BCUT2D eigenvalue weighted by molar-refractivity contribution is -0.137. The first kappa shape index (κ1) is 54.4. The van der Waals surface area contributed by atoms with Crippen molar-refractivity contribution in [2.24, 2.45) is 11.8 Å². The number of likely N-dealkylation sites (tertiary alicyclic amines) is 1. The number of carbonyl (C=O) groups excluding carboxylic acids is 3. The predicted octanol–water partition coefficient (Wildman–Crippen LogP) is 7.76. The van der Waals surface area contributed by atoms with E-state index in [0.717, 1.165) is 108 Å². The van der Waals surface area contributed by atoms with E-state index in [1.165, 1.54) is 10.6 Å². The SMILES string of the molecule is CCOc1cc(N2CCC(C(=O)N3CCC(CN4CCN(Cc5ccc(-n6c(C(=O)NCC(F)(F)F)nnc6-c6cc(CC)c(O)cc6O)cc5)CC4)CC3)CC2)ccc1Nc1ncc2c(n1)N(C)c1ccccc1C(=O)N2C. The molecule has 22 heteroatoms. The van der Waals surface area contributed by atoms with Crippen molar-refractivity contribution in [2.75, 3.05) is 106 Å². The maximum Gasteiger partial charge on any atom is 0.405 e. The average Bonchev–Trinajstić information content (AvgIpc) is 4.05. The Balaban J connectivity index is 0.685. The van der Waals surface area contributed by atoms with E-state index in [0.29, 0.717) is 71.2 Å². The van der Waals surface area contributed by atoms with Crippen molar-refractivity contribution in [1.29, 1.82) is 0 Å². The van der Waals surface area contributed by atoms with E-state index in [1.54, 1.807) is 30.3 Å². The van der Waals surface area contributed by atoms with Crippen LogP contribution in [0.15, 0.2) is 85.1 Å². The van der Waals surface area contributed by atoms with Crippen LogP contribution in [0.4, 0.5) is 47.7 Å². The Morgan fingerprint density at radius 1 is 0.772 bits per heavy atom. The van der Waals surface area contributed by atoms with Crippen LogP contribution >= 0.6 is 0 Å². The first-order chi connectivity index (χ1) is 38.0. The van der Waals surface area contributed by atoms with Crippen LogP contribution in [0.25, 0.3) is 17.1 Å². The number of nitrogens with zero attached hydrogens (tertiary/aromatic N) is 11. The Morgan fingerprint density at radius 2 is 1.48 bits per heavy atom. The summed E-state index contributed by atoms with van der Waals surface area (Å²) in [6, 6.07) is 23.5. The van der Waals surface area contributed by atoms with E-state index in [2.05, 4.69) is 46.2 Å². The molecule has 79 heavy (non-hydrogen) atoms. The maximum absolute atomic E-state index is 13.9. The molecule has 6 heterocycles. The molecule has 0 bridgehead atoms. The van der Waals surface area contributed by atoms with Gasteiger partial charge in [-0.1, -0.05) is 31.2 Å². The molecular formula is C57H66F3N13O6. The number of benzene rings is 4. The molecule has 4 aromatic carbocycles. The molecule has 0 radical (unpaired) electrons. The predicted molar refractivity (Wildman–Crippen MR) is 294 cm³/mol. The third kappa shape index (κ3) is 11.9. The smallest absolute Gasteiger partial charge is 0.405 e. The van der Waals surface area contributed by atoms with Crippen molar-refractivity contribution < 1.29 is 42.5 Å².